The maximum Gasteiger partial charge on any atom is 0.232 e. The van der Waals surface area contributed by atoms with Gasteiger partial charge in [0.25, 0.3) is 0 Å². The summed E-state index contributed by atoms with van der Waals surface area (Å²) in [7, 11) is -3.43. The first kappa shape index (κ1) is 20.9. The van der Waals surface area contributed by atoms with Crippen LogP contribution in [0, 0.1) is 5.82 Å². The van der Waals surface area contributed by atoms with Gasteiger partial charge in [-0.25, -0.2) is 12.8 Å². The third kappa shape index (κ3) is 6.67. The Kier molecular flexibility index (Phi) is 7.36. The van der Waals surface area contributed by atoms with E-state index in [2.05, 4.69) is 5.32 Å². The minimum atomic E-state index is -3.43. The normalized spacial score (nSPS) is 11.2. The predicted octanol–water partition coefficient (Wildman–Crippen LogP) is 3.25. The van der Waals surface area contributed by atoms with Crippen molar-refractivity contribution in [3.05, 3.63) is 65.5 Å². The topological polar surface area (TPSA) is 66.5 Å². The van der Waals surface area contributed by atoms with Crippen molar-refractivity contribution in [2.75, 3.05) is 17.1 Å². The molecule has 2 aromatic carbocycles. The second-order valence-corrected chi connectivity index (χ2v) is 8.27. The first-order valence-electron chi connectivity index (χ1n) is 8.87. The average molecular weight is 392 g/mol. The van der Waals surface area contributed by atoms with Crippen LogP contribution in [-0.2, 0) is 27.8 Å². The van der Waals surface area contributed by atoms with Gasteiger partial charge in [0.05, 0.1) is 11.9 Å². The smallest absolute Gasteiger partial charge is 0.232 e. The summed E-state index contributed by atoms with van der Waals surface area (Å²) in [6.45, 7) is 2.58. The molecule has 146 valence electrons. The van der Waals surface area contributed by atoms with E-state index in [0.717, 1.165) is 23.8 Å². The van der Waals surface area contributed by atoms with Crippen LogP contribution in [0.2, 0.25) is 0 Å². The lowest BCUT2D eigenvalue weighted by Gasteiger charge is -2.22. The molecule has 0 aliphatic carbocycles. The predicted molar refractivity (Wildman–Crippen MR) is 105 cm³/mol. The van der Waals surface area contributed by atoms with Crippen LogP contribution < -0.4 is 9.62 Å². The molecule has 7 heteroatoms. The zero-order valence-corrected chi connectivity index (χ0v) is 16.4. The molecule has 0 saturated heterocycles. The van der Waals surface area contributed by atoms with Crippen LogP contribution in [0.15, 0.2) is 48.5 Å². The van der Waals surface area contributed by atoms with Crippen molar-refractivity contribution in [3.8, 4) is 0 Å². The van der Waals surface area contributed by atoms with Crippen molar-refractivity contribution in [1.82, 2.24) is 5.32 Å². The van der Waals surface area contributed by atoms with Gasteiger partial charge in [-0.2, -0.15) is 0 Å². The second-order valence-electron chi connectivity index (χ2n) is 6.36. The number of carbonyl (C=O) groups excluding carboxylic acids is 1. The Labute approximate surface area is 160 Å². The number of nitrogens with one attached hydrogen (secondary N) is 1. The maximum absolute atomic E-state index is 12.9. The van der Waals surface area contributed by atoms with Crippen molar-refractivity contribution < 1.29 is 17.6 Å². The first-order valence-corrected chi connectivity index (χ1v) is 10.7. The Hall–Kier alpha value is -2.41. The molecule has 0 aliphatic heterocycles. The van der Waals surface area contributed by atoms with Crippen molar-refractivity contribution in [2.24, 2.45) is 0 Å². The van der Waals surface area contributed by atoms with Gasteiger partial charge in [0.2, 0.25) is 15.9 Å². The van der Waals surface area contributed by atoms with Gasteiger partial charge in [0.15, 0.2) is 0 Å². The van der Waals surface area contributed by atoms with Gasteiger partial charge in [-0.3, -0.25) is 9.10 Å². The molecule has 0 heterocycles. The van der Waals surface area contributed by atoms with E-state index in [1.807, 2.05) is 19.1 Å². The first-order chi connectivity index (χ1) is 12.8. The van der Waals surface area contributed by atoms with Crippen LogP contribution in [0.5, 0.6) is 0 Å². The lowest BCUT2D eigenvalue weighted by atomic mass is 10.1. The fraction of sp³-hybridized carbons (Fsp3) is 0.350. The monoisotopic (exact) mass is 392 g/mol. The molecule has 2 rings (SSSR count). The van der Waals surface area contributed by atoms with E-state index in [-0.39, 0.29) is 24.7 Å². The number of benzene rings is 2. The highest BCUT2D eigenvalue weighted by atomic mass is 32.2. The lowest BCUT2D eigenvalue weighted by molar-refractivity contribution is -0.121. The summed E-state index contributed by atoms with van der Waals surface area (Å²) in [5.74, 6) is -0.494. The molecular formula is C20H25FN2O3S. The highest BCUT2D eigenvalue weighted by molar-refractivity contribution is 7.92. The van der Waals surface area contributed by atoms with Gasteiger partial charge in [-0.1, -0.05) is 31.2 Å². The Bertz CT molecular complexity index is 850. The minimum absolute atomic E-state index is 0.172. The summed E-state index contributed by atoms with van der Waals surface area (Å²) >= 11 is 0. The van der Waals surface area contributed by atoms with Gasteiger partial charge < -0.3 is 5.32 Å². The van der Waals surface area contributed by atoms with Gasteiger partial charge in [-0.05, 0) is 48.2 Å². The molecule has 1 amide bonds. The van der Waals surface area contributed by atoms with Crippen LogP contribution >= 0.6 is 0 Å². The maximum atomic E-state index is 12.9. The van der Waals surface area contributed by atoms with Crippen LogP contribution in [-0.4, -0.2) is 27.1 Å². The minimum Gasteiger partial charge on any atom is -0.352 e. The Morgan fingerprint density at radius 3 is 2.19 bits per heavy atom. The quantitative estimate of drug-likeness (QED) is 0.712. The highest BCUT2D eigenvalue weighted by Crippen LogP contribution is 2.19. The zero-order chi connectivity index (χ0) is 19.9. The number of anilines is 1. The number of carbonyl (C=O) groups is 1. The van der Waals surface area contributed by atoms with Crippen LogP contribution in [0.4, 0.5) is 10.1 Å². The summed E-state index contributed by atoms with van der Waals surface area (Å²) in [6.07, 6.45) is 2.65. The molecule has 1 N–H and O–H groups in total. The molecule has 5 nitrogen and oxygen atoms in total. The molecule has 0 aliphatic rings. The number of nitrogens with zero attached hydrogens (tertiary/aromatic N) is 1. The van der Waals surface area contributed by atoms with Crippen molar-refractivity contribution in [1.29, 1.82) is 0 Å². The van der Waals surface area contributed by atoms with Crippen LogP contribution in [0.3, 0.4) is 0 Å². The average Bonchev–Trinajstić information content (AvgIpc) is 2.64. The number of hydrogen-bond acceptors (Lipinski definition) is 3. The van der Waals surface area contributed by atoms with Crippen LogP contribution in [0.25, 0.3) is 0 Å². The molecule has 0 bridgehead atoms. The Morgan fingerprint density at radius 2 is 1.63 bits per heavy atom. The fourth-order valence-electron chi connectivity index (χ4n) is 2.66. The number of rotatable bonds is 9. The van der Waals surface area contributed by atoms with Crippen molar-refractivity contribution >= 4 is 21.6 Å². The third-order valence-corrected chi connectivity index (χ3v) is 5.39. The summed E-state index contributed by atoms with van der Waals surface area (Å²) in [6, 6.07) is 13.3. The second kappa shape index (κ2) is 9.50. The standard InChI is InChI=1S/C20H25FN2O3S/c1-3-16-8-12-19(13-9-16)23(27(2,25)26)14-4-5-20(24)22-15-17-6-10-18(21)11-7-17/h6-13H,3-5,14-15H2,1-2H3,(H,22,24). The molecule has 27 heavy (non-hydrogen) atoms. The highest BCUT2D eigenvalue weighted by Gasteiger charge is 2.17. The summed E-state index contributed by atoms with van der Waals surface area (Å²) in [5, 5.41) is 2.76. The molecule has 0 atom stereocenters. The van der Waals surface area contributed by atoms with E-state index in [1.165, 1.54) is 16.4 Å². The van der Waals surface area contributed by atoms with Crippen molar-refractivity contribution in [2.45, 2.75) is 32.7 Å². The SMILES string of the molecule is CCc1ccc(N(CCCC(=O)NCc2ccc(F)cc2)S(C)(=O)=O)cc1. The fourth-order valence-corrected chi connectivity index (χ4v) is 3.62. The molecule has 0 spiro atoms. The molecule has 0 fully saturated rings. The number of sulfonamides is 1. The van der Waals surface area contributed by atoms with E-state index >= 15 is 0 Å². The molecule has 0 aromatic heterocycles. The van der Waals surface area contributed by atoms with E-state index in [1.54, 1.807) is 24.3 Å². The van der Waals surface area contributed by atoms with Crippen LogP contribution in [0.1, 0.15) is 30.9 Å². The molecule has 0 unspecified atom stereocenters. The summed E-state index contributed by atoms with van der Waals surface area (Å²) < 4.78 is 38.4. The number of aryl methyl sites for hydroxylation is 1. The number of halogens is 1. The Balaban J connectivity index is 1.87. The lowest BCUT2D eigenvalue weighted by Crippen LogP contribution is -2.32. The number of amides is 1. The van der Waals surface area contributed by atoms with Gasteiger partial charge in [0.1, 0.15) is 5.82 Å². The van der Waals surface area contributed by atoms with E-state index in [0.29, 0.717) is 18.7 Å². The summed E-state index contributed by atoms with van der Waals surface area (Å²) in [5.41, 5.74) is 2.53. The largest absolute Gasteiger partial charge is 0.352 e. The van der Waals surface area contributed by atoms with Gasteiger partial charge >= 0.3 is 0 Å². The van der Waals surface area contributed by atoms with Crippen molar-refractivity contribution in [3.63, 3.8) is 0 Å². The molecular weight excluding hydrogens is 367 g/mol. The van der Waals surface area contributed by atoms with E-state index < -0.39 is 10.0 Å². The zero-order valence-electron chi connectivity index (χ0n) is 15.6. The summed E-state index contributed by atoms with van der Waals surface area (Å²) in [4.78, 5) is 12.0. The third-order valence-electron chi connectivity index (χ3n) is 4.20. The molecule has 0 radical (unpaired) electrons. The number of hydrogen-bond donors (Lipinski definition) is 1. The van der Waals surface area contributed by atoms with E-state index in [9.17, 15) is 17.6 Å². The van der Waals surface area contributed by atoms with E-state index in [4.69, 9.17) is 0 Å². The molecule has 0 saturated carbocycles. The Morgan fingerprint density at radius 1 is 1.04 bits per heavy atom. The molecule has 2 aromatic rings. The van der Waals surface area contributed by atoms with Gasteiger partial charge in [0, 0.05) is 19.5 Å². The van der Waals surface area contributed by atoms with Gasteiger partial charge in [-0.15, -0.1) is 0 Å².